The van der Waals surface area contributed by atoms with Gasteiger partial charge < -0.3 is 4.90 Å². The van der Waals surface area contributed by atoms with E-state index in [-0.39, 0.29) is 11.9 Å². The second-order valence-corrected chi connectivity index (χ2v) is 4.33. The van der Waals surface area contributed by atoms with Gasteiger partial charge >= 0.3 is 0 Å². The fourth-order valence-electron chi connectivity index (χ4n) is 1.72. The Kier molecular flexibility index (Phi) is 3.52. The van der Waals surface area contributed by atoms with E-state index in [4.69, 9.17) is 17.1 Å². The summed E-state index contributed by atoms with van der Waals surface area (Å²) in [5.41, 5.74) is 9.06. The molecule has 1 aromatic carbocycles. The van der Waals surface area contributed by atoms with Crippen molar-refractivity contribution in [1.82, 2.24) is 4.90 Å². The Morgan fingerprint density at radius 3 is 2.88 bits per heavy atom. The van der Waals surface area contributed by atoms with Crippen LogP contribution in [0.5, 0.6) is 0 Å². The van der Waals surface area contributed by atoms with Gasteiger partial charge in [0.25, 0.3) is 0 Å². The van der Waals surface area contributed by atoms with Crippen LogP contribution >= 0.6 is 11.6 Å². The summed E-state index contributed by atoms with van der Waals surface area (Å²) >= 11 is 5.98. The molecule has 0 bridgehead atoms. The zero-order valence-corrected chi connectivity index (χ0v) is 9.84. The minimum Gasteiger partial charge on any atom is -0.341 e. The highest BCUT2D eigenvalue weighted by molar-refractivity contribution is 6.31. The van der Waals surface area contributed by atoms with Gasteiger partial charge in [0.15, 0.2) is 0 Å². The molecule has 0 aromatic heterocycles. The smallest absolute Gasteiger partial charge is 0.227 e. The molecule has 1 amide bonds. The van der Waals surface area contributed by atoms with Crippen molar-refractivity contribution >= 4 is 17.5 Å². The van der Waals surface area contributed by atoms with Gasteiger partial charge in [0, 0.05) is 23.0 Å². The minimum atomic E-state index is -0.0739. The molecule has 88 valence electrons. The largest absolute Gasteiger partial charge is 0.341 e. The molecule has 1 aromatic rings. The zero-order chi connectivity index (χ0) is 12.3. The van der Waals surface area contributed by atoms with Crippen LogP contribution in [-0.2, 0) is 11.2 Å². The first kappa shape index (κ1) is 11.8. The first-order valence-corrected chi connectivity index (χ1v) is 5.64. The molecule has 17 heavy (non-hydrogen) atoms. The summed E-state index contributed by atoms with van der Waals surface area (Å²) in [6.45, 7) is 1.01. The maximum atomic E-state index is 11.8. The van der Waals surface area contributed by atoms with E-state index >= 15 is 0 Å². The number of benzene rings is 1. The maximum absolute atomic E-state index is 11.8. The molecular formula is C11H11ClN4O. The van der Waals surface area contributed by atoms with Crippen molar-refractivity contribution < 1.29 is 4.79 Å². The molecule has 1 heterocycles. The van der Waals surface area contributed by atoms with Crippen LogP contribution in [0.15, 0.2) is 29.4 Å². The van der Waals surface area contributed by atoms with Gasteiger partial charge in [-0.3, -0.25) is 4.79 Å². The third-order valence-corrected chi connectivity index (χ3v) is 3.10. The summed E-state index contributed by atoms with van der Waals surface area (Å²) in [5, 5.41) is 4.15. The van der Waals surface area contributed by atoms with Gasteiger partial charge in [0.05, 0.1) is 12.5 Å². The Morgan fingerprint density at radius 1 is 1.53 bits per heavy atom. The molecule has 0 saturated carbocycles. The number of nitrogens with zero attached hydrogens (tertiary/aromatic N) is 4. The Hall–Kier alpha value is -1.71. The molecule has 0 atom stereocenters. The summed E-state index contributed by atoms with van der Waals surface area (Å²) in [5.74, 6) is 0.0162. The molecule has 0 spiro atoms. The highest BCUT2D eigenvalue weighted by Gasteiger charge is 2.29. The van der Waals surface area contributed by atoms with Gasteiger partial charge in [-0.2, -0.15) is 0 Å². The first-order chi connectivity index (χ1) is 8.20. The van der Waals surface area contributed by atoms with Crippen molar-refractivity contribution in [1.29, 1.82) is 0 Å². The zero-order valence-electron chi connectivity index (χ0n) is 9.08. The summed E-state index contributed by atoms with van der Waals surface area (Å²) in [6, 6.07) is 7.22. The lowest BCUT2D eigenvalue weighted by Crippen LogP contribution is -2.53. The molecule has 0 unspecified atom stereocenters. The second kappa shape index (κ2) is 5.08. The highest BCUT2D eigenvalue weighted by Crippen LogP contribution is 2.18. The second-order valence-electron chi connectivity index (χ2n) is 3.93. The Labute approximate surface area is 104 Å². The van der Waals surface area contributed by atoms with Crippen molar-refractivity contribution in [2.45, 2.75) is 12.5 Å². The van der Waals surface area contributed by atoms with E-state index < -0.39 is 0 Å². The summed E-state index contributed by atoms with van der Waals surface area (Å²) in [6.07, 6.45) is 0.294. The van der Waals surface area contributed by atoms with E-state index in [1.165, 1.54) is 0 Å². The van der Waals surface area contributed by atoms with Gasteiger partial charge in [-0.05, 0) is 17.2 Å². The van der Waals surface area contributed by atoms with Crippen molar-refractivity contribution in [3.8, 4) is 0 Å². The molecule has 1 aliphatic rings. The molecule has 0 radical (unpaired) electrons. The van der Waals surface area contributed by atoms with Crippen LogP contribution < -0.4 is 0 Å². The number of amides is 1. The number of carbonyl (C=O) groups excluding carboxylic acids is 1. The van der Waals surface area contributed by atoms with Crippen molar-refractivity contribution in [2.24, 2.45) is 5.11 Å². The molecule has 6 heteroatoms. The molecule has 1 aliphatic heterocycles. The molecule has 1 saturated heterocycles. The average molecular weight is 251 g/mol. The van der Waals surface area contributed by atoms with Crippen molar-refractivity contribution in [3.63, 3.8) is 0 Å². The van der Waals surface area contributed by atoms with E-state index in [2.05, 4.69) is 10.0 Å². The normalized spacial score (nSPS) is 15.0. The van der Waals surface area contributed by atoms with Crippen molar-refractivity contribution in [2.75, 3.05) is 13.1 Å². The lowest BCUT2D eigenvalue weighted by molar-refractivity contribution is -0.134. The molecular weight excluding hydrogens is 240 g/mol. The van der Waals surface area contributed by atoms with Crippen LogP contribution in [0.3, 0.4) is 0 Å². The predicted octanol–water partition coefficient (Wildman–Crippen LogP) is 2.40. The van der Waals surface area contributed by atoms with Gasteiger partial charge in [-0.1, -0.05) is 34.9 Å². The Bertz CT molecular complexity index is 478. The lowest BCUT2D eigenvalue weighted by Gasteiger charge is -2.36. The minimum absolute atomic E-state index is 0.0162. The number of rotatable bonds is 3. The van der Waals surface area contributed by atoms with E-state index in [0.717, 1.165) is 5.56 Å². The fourth-order valence-corrected chi connectivity index (χ4v) is 1.92. The quantitative estimate of drug-likeness (QED) is 0.461. The van der Waals surface area contributed by atoms with E-state index in [1.807, 2.05) is 18.2 Å². The molecule has 1 fully saturated rings. The number of carbonyl (C=O) groups is 1. The number of hydrogen-bond acceptors (Lipinski definition) is 2. The summed E-state index contributed by atoms with van der Waals surface area (Å²) in [7, 11) is 0. The van der Waals surface area contributed by atoms with Gasteiger partial charge in [0.2, 0.25) is 5.91 Å². The van der Waals surface area contributed by atoms with Crippen LogP contribution in [0, 0.1) is 0 Å². The van der Waals surface area contributed by atoms with Crippen molar-refractivity contribution in [3.05, 3.63) is 45.3 Å². The molecule has 0 N–H and O–H groups in total. The number of halogens is 1. The predicted molar refractivity (Wildman–Crippen MR) is 64.7 cm³/mol. The SMILES string of the molecule is [N-]=[N+]=NC1CN(C(=O)Cc2ccccc2Cl)C1. The molecule has 2 rings (SSSR count). The first-order valence-electron chi connectivity index (χ1n) is 5.26. The third kappa shape index (κ3) is 2.70. The lowest BCUT2D eigenvalue weighted by atomic mass is 10.1. The van der Waals surface area contributed by atoms with E-state index in [1.54, 1.807) is 11.0 Å². The number of likely N-dealkylation sites (tertiary alicyclic amines) is 1. The summed E-state index contributed by atoms with van der Waals surface area (Å²) < 4.78 is 0. The van der Waals surface area contributed by atoms with Crippen LogP contribution in [0.1, 0.15) is 5.56 Å². The number of azide groups is 1. The number of hydrogen-bond donors (Lipinski definition) is 0. The van der Waals surface area contributed by atoms with E-state index in [0.29, 0.717) is 24.5 Å². The molecule has 5 nitrogen and oxygen atoms in total. The van der Waals surface area contributed by atoms with Crippen LogP contribution in [0.2, 0.25) is 5.02 Å². The monoisotopic (exact) mass is 250 g/mol. The third-order valence-electron chi connectivity index (χ3n) is 2.73. The topological polar surface area (TPSA) is 69.1 Å². The van der Waals surface area contributed by atoms with Gasteiger partial charge in [0.1, 0.15) is 0 Å². The maximum Gasteiger partial charge on any atom is 0.227 e. The Balaban J connectivity index is 1.91. The van der Waals surface area contributed by atoms with Crippen LogP contribution in [-0.4, -0.2) is 29.9 Å². The standard InChI is InChI=1S/C11H11ClN4O/c12-10-4-2-1-3-8(10)5-11(17)16-6-9(7-16)14-15-13/h1-4,9H,5-7H2. The molecule has 0 aliphatic carbocycles. The average Bonchev–Trinajstić information content (AvgIpc) is 2.26. The Morgan fingerprint density at radius 2 is 2.24 bits per heavy atom. The highest BCUT2D eigenvalue weighted by atomic mass is 35.5. The fraction of sp³-hybridized carbons (Fsp3) is 0.364. The van der Waals surface area contributed by atoms with Crippen LogP contribution in [0.25, 0.3) is 10.4 Å². The summed E-state index contributed by atoms with van der Waals surface area (Å²) in [4.78, 5) is 16.2. The van der Waals surface area contributed by atoms with Crippen LogP contribution in [0.4, 0.5) is 0 Å². The van der Waals surface area contributed by atoms with Gasteiger partial charge in [-0.25, -0.2) is 0 Å². The van der Waals surface area contributed by atoms with E-state index in [9.17, 15) is 4.79 Å². The van der Waals surface area contributed by atoms with Gasteiger partial charge in [-0.15, -0.1) is 0 Å².